The van der Waals surface area contributed by atoms with Gasteiger partial charge in [-0.05, 0) is 47.2 Å². The van der Waals surface area contributed by atoms with Crippen LogP contribution < -0.4 is 14.9 Å². The van der Waals surface area contributed by atoms with Crippen molar-refractivity contribution < 1.29 is 22.7 Å². The molecular formula is C26H19Cl2N3O5S. The Bertz CT molecular complexity index is 1610. The summed E-state index contributed by atoms with van der Waals surface area (Å²) in [5.74, 6) is -1.22. The molecule has 11 heteroatoms. The van der Waals surface area contributed by atoms with Crippen LogP contribution >= 0.6 is 23.2 Å². The van der Waals surface area contributed by atoms with Crippen LogP contribution in [0.4, 0.5) is 0 Å². The van der Waals surface area contributed by atoms with Crippen molar-refractivity contribution in [3.63, 3.8) is 0 Å². The molecule has 0 heterocycles. The van der Waals surface area contributed by atoms with E-state index in [0.717, 1.165) is 5.39 Å². The van der Waals surface area contributed by atoms with Gasteiger partial charge in [-0.1, -0.05) is 71.7 Å². The molecule has 2 N–H and O–H groups in total. The largest absolute Gasteiger partial charge is 0.422 e. The summed E-state index contributed by atoms with van der Waals surface area (Å²) in [5.41, 5.74) is 2.82. The maximum atomic E-state index is 12.8. The Morgan fingerprint density at radius 1 is 0.919 bits per heavy atom. The third-order valence-corrected chi connectivity index (χ3v) is 7.11. The van der Waals surface area contributed by atoms with E-state index in [9.17, 15) is 18.0 Å². The van der Waals surface area contributed by atoms with Gasteiger partial charge in [0.05, 0.1) is 28.2 Å². The smallest absolute Gasteiger partial charge is 0.345 e. The molecule has 1 amide bonds. The number of rotatable bonds is 8. The summed E-state index contributed by atoms with van der Waals surface area (Å²) in [6.07, 6.45) is 1.32. The highest BCUT2D eigenvalue weighted by Gasteiger charge is 2.17. The van der Waals surface area contributed by atoms with Gasteiger partial charge in [0.1, 0.15) is 5.75 Å². The van der Waals surface area contributed by atoms with Crippen molar-refractivity contribution >= 4 is 62.1 Å². The number of hydrogen-bond acceptors (Lipinski definition) is 6. The first kappa shape index (κ1) is 26.3. The zero-order chi connectivity index (χ0) is 26.4. The van der Waals surface area contributed by atoms with Gasteiger partial charge in [-0.3, -0.25) is 4.79 Å². The van der Waals surface area contributed by atoms with E-state index in [1.54, 1.807) is 42.5 Å². The molecule has 0 aliphatic rings. The third-order valence-electron chi connectivity index (χ3n) is 5.14. The number of nitrogens with one attached hydrogen (secondary N) is 2. The van der Waals surface area contributed by atoms with E-state index in [1.807, 2.05) is 12.1 Å². The van der Waals surface area contributed by atoms with Gasteiger partial charge in [0, 0.05) is 10.6 Å². The van der Waals surface area contributed by atoms with Crippen LogP contribution in [0.25, 0.3) is 10.8 Å². The number of benzene rings is 4. The summed E-state index contributed by atoms with van der Waals surface area (Å²) in [5, 5.41) is 6.00. The number of hydrogen-bond donors (Lipinski definition) is 2. The van der Waals surface area contributed by atoms with Crippen LogP contribution in [0.1, 0.15) is 15.9 Å². The number of amides is 1. The number of carbonyl (C=O) groups excluding carboxylic acids is 2. The maximum absolute atomic E-state index is 12.8. The molecule has 0 saturated heterocycles. The lowest BCUT2D eigenvalue weighted by molar-refractivity contribution is -0.119. The number of fused-ring (bicyclic) bond motifs is 1. The van der Waals surface area contributed by atoms with E-state index in [4.69, 9.17) is 27.9 Å². The summed E-state index contributed by atoms with van der Waals surface area (Å²) >= 11 is 12.0. The molecule has 4 aromatic rings. The monoisotopic (exact) mass is 555 g/mol. The van der Waals surface area contributed by atoms with Gasteiger partial charge in [0.2, 0.25) is 10.0 Å². The van der Waals surface area contributed by atoms with Crippen molar-refractivity contribution in [3.8, 4) is 5.75 Å². The summed E-state index contributed by atoms with van der Waals surface area (Å²) in [6.45, 7) is -0.527. The molecule has 0 aliphatic heterocycles. The Labute approximate surface area is 222 Å². The van der Waals surface area contributed by atoms with Gasteiger partial charge in [0.15, 0.2) is 0 Å². The van der Waals surface area contributed by atoms with Crippen LogP contribution in [0.15, 0.2) is 94.9 Å². The second-order valence-electron chi connectivity index (χ2n) is 7.64. The quantitative estimate of drug-likeness (QED) is 0.140. The molecule has 0 spiro atoms. The van der Waals surface area contributed by atoms with Gasteiger partial charge in [-0.2, -0.15) is 5.10 Å². The van der Waals surface area contributed by atoms with Crippen molar-refractivity contribution in [1.82, 2.24) is 10.1 Å². The fraction of sp³-hybridized carbons (Fsp3) is 0.0385. The first-order chi connectivity index (χ1) is 17.7. The summed E-state index contributed by atoms with van der Waals surface area (Å²) in [4.78, 5) is 25.0. The van der Waals surface area contributed by atoms with Crippen LogP contribution in [0, 0.1) is 0 Å². The van der Waals surface area contributed by atoms with Crippen LogP contribution in [0.5, 0.6) is 5.75 Å². The molecule has 37 heavy (non-hydrogen) atoms. The summed E-state index contributed by atoms with van der Waals surface area (Å²) in [7, 11) is -3.85. The molecule has 0 aliphatic carbocycles. The molecule has 0 saturated carbocycles. The van der Waals surface area contributed by atoms with Gasteiger partial charge in [0.25, 0.3) is 5.91 Å². The van der Waals surface area contributed by atoms with E-state index >= 15 is 0 Å². The molecular weight excluding hydrogens is 537 g/mol. The molecule has 188 valence electrons. The average Bonchev–Trinajstić information content (AvgIpc) is 2.89. The van der Waals surface area contributed by atoms with Crippen LogP contribution in [-0.2, 0) is 14.8 Å². The Balaban J connectivity index is 1.51. The Hall–Kier alpha value is -3.76. The minimum absolute atomic E-state index is 0.0364. The van der Waals surface area contributed by atoms with Crippen LogP contribution in [-0.4, -0.2) is 33.1 Å². The highest BCUT2D eigenvalue weighted by Crippen LogP contribution is 2.29. The maximum Gasteiger partial charge on any atom is 0.345 e. The number of ether oxygens (including phenoxy) is 1. The Morgan fingerprint density at radius 3 is 2.41 bits per heavy atom. The average molecular weight is 556 g/mol. The second-order valence-corrected chi connectivity index (χ2v) is 10.3. The molecule has 0 atom stereocenters. The van der Waals surface area contributed by atoms with Crippen LogP contribution in [0.2, 0.25) is 10.0 Å². The van der Waals surface area contributed by atoms with Crippen molar-refractivity contribution in [2.45, 2.75) is 4.90 Å². The minimum atomic E-state index is -3.85. The second kappa shape index (κ2) is 11.5. The number of halogens is 2. The number of sulfonamides is 1. The highest BCUT2D eigenvalue weighted by molar-refractivity contribution is 7.89. The SMILES string of the molecule is O=C(CNS(=O)(=O)c1ccccc1)N/N=C\c1c(OC(=O)c2ccc(Cl)cc2Cl)ccc2ccccc12. The third kappa shape index (κ3) is 6.52. The normalized spacial score (nSPS) is 11.5. The van der Waals surface area contributed by atoms with E-state index in [-0.39, 0.29) is 21.2 Å². The number of nitrogens with zero attached hydrogens (tertiary/aromatic N) is 1. The number of hydrazone groups is 1. The number of esters is 1. The zero-order valence-electron chi connectivity index (χ0n) is 19.0. The fourth-order valence-corrected chi connectivity index (χ4v) is 4.85. The zero-order valence-corrected chi connectivity index (χ0v) is 21.3. The predicted molar refractivity (Wildman–Crippen MR) is 143 cm³/mol. The standard InChI is InChI=1S/C26H19Cl2N3O5S/c27-18-11-12-21(23(28)14-18)26(33)36-24-13-10-17-6-4-5-9-20(17)22(24)15-29-31-25(32)16-30-37(34,35)19-7-2-1-3-8-19/h1-15,30H,16H2,(H,31,32)/b29-15-. The van der Waals surface area contributed by atoms with Gasteiger partial charge < -0.3 is 4.74 Å². The topological polar surface area (TPSA) is 114 Å². The Kier molecular flexibility index (Phi) is 8.20. The first-order valence-corrected chi connectivity index (χ1v) is 13.0. The highest BCUT2D eigenvalue weighted by atomic mass is 35.5. The van der Waals surface area contributed by atoms with Gasteiger partial charge in [-0.25, -0.2) is 23.4 Å². The van der Waals surface area contributed by atoms with Gasteiger partial charge in [-0.15, -0.1) is 0 Å². The van der Waals surface area contributed by atoms with E-state index in [1.165, 1.54) is 36.5 Å². The van der Waals surface area contributed by atoms with Crippen molar-refractivity contribution in [2.24, 2.45) is 5.10 Å². The Morgan fingerprint density at radius 2 is 1.65 bits per heavy atom. The van der Waals surface area contributed by atoms with Crippen LogP contribution in [0.3, 0.4) is 0 Å². The van der Waals surface area contributed by atoms with Crippen molar-refractivity contribution in [1.29, 1.82) is 0 Å². The summed E-state index contributed by atoms with van der Waals surface area (Å²) < 4.78 is 32.4. The fourth-order valence-electron chi connectivity index (χ4n) is 3.36. The molecule has 0 radical (unpaired) electrons. The molecule has 0 fully saturated rings. The first-order valence-electron chi connectivity index (χ1n) is 10.8. The molecule has 0 unspecified atom stereocenters. The van der Waals surface area contributed by atoms with E-state index in [0.29, 0.717) is 16.0 Å². The lowest BCUT2D eigenvalue weighted by Gasteiger charge is -2.11. The molecule has 0 aromatic heterocycles. The molecule has 8 nitrogen and oxygen atoms in total. The van der Waals surface area contributed by atoms with Crippen molar-refractivity contribution in [2.75, 3.05) is 6.54 Å². The number of carbonyl (C=O) groups is 2. The molecule has 0 bridgehead atoms. The minimum Gasteiger partial charge on any atom is -0.422 e. The van der Waals surface area contributed by atoms with E-state index in [2.05, 4.69) is 15.2 Å². The lowest BCUT2D eigenvalue weighted by Crippen LogP contribution is -2.34. The lowest BCUT2D eigenvalue weighted by atomic mass is 10.0. The molecule has 4 aromatic carbocycles. The van der Waals surface area contributed by atoms with Crippen molar-refractivity contribution in [3.05, 3.63) is 106 Å². The summed E-state index contributed by atoms with van der Waals surface area (Å²) in [6, 6.07) is 22.8. The van der Waals surface area contributed by atoms with Gasteiger partial charge >= 0.3 is 5.97 Å². The molecule has 4 rings (SSSR count). The predicted octanol–water partition coefficient (Wildman–Crippen LogP) is 4.79. The van der Waals surface area contributed by atoms with E-state index < -0.39 is 28.4 Å².